The summed E-state index contributed by atoms with van der Waals surface area (Å²) in [5.41, 5.74) is 15.5. The van der Waals surface area contributed by atoms with Crippen LogP contribution in [0.4, 0.5) is 0 Å². The number of imidazole rings is 1. The summed E-state index contributed by atoms with van der Waals surface area (Å²) in [5, 5.41) is 16.7. The summed E-state index contributed by atoms with van der Waals surface area (Å²) in [4.78, 5) is 7.94. The number of phenolic OH excluding ortho intramolecular Hbond substituents is 1. The van der Waals surface area contributed by atoms with Crippen LogP contribution in [0.2, 0.25) is 0 Å². The van der Waals surface area contributed by atoms with Crippen molar-refractivity contribution in [1.82, 2.24) is 9.97 Å². The van der Waals surface area contributed by atoms with Gasteiger partial charge in [-0.25, -0.2) is 4.98 Å². The van der Waals surface area contributed by atoms with E-state index in [9.17, 15) is 5.11 Å². The van der Waals surface area contributed by atoms with Crippen molar-refractivity contribution in [2.24, 2.45) is 5.73 Å². The van der Waals surface area contributed by atoms with Crippen LogP contribution in [-0.2, 0) is 6.42 Å². The fourth-order valence-electron chi connectivity index (χ4n) is 3.38. The molecule has 0 saturated carbocycles. The second-order valence-electron chi connectivity index (χ2n) is 6.78. The first-order valence-electron chi connectivity index (χ1n) is 9.16. The zero-order chi connectivity index (χ0) is 19.7. The summed E-state index contributed by atoms with van der Waals surface area (Å²) in [6, 6.07) is 19.4. The molecule has 6 heteroatoms. The van der Waals surface area contributed by atoms with Crippen molar-refractivity contribution >= 4 is 16.9 Å². The monoisotopic (exact) mass is 373 g/mol. The molecule has 0 spiro atoms. The van der Waals surface area contributed by atoms with Gasteiger partial charge in [-0.15, -0.1) is 0 Å². The zero-order valence-electron chi connectivity index (χ0n) is 15.4. The van der Waals surface area contributed by atoms with Crippen LogP contribution in [0.3, 0.4) is 0 Å². The Balaban J connectivity index is 1.90. The van der Waals surface area contributed by atoms with Crippen LogP contribution >= 0.6 is 0 Å². The molecule has 1 aromatic heterocycles. The number of nitrogens with two attached hydrogens (primary N) is 2. The van der Waals surface area contributed by atoms with E-state index in [4.69, 9.17) is 11.1 Å². The molecule has 140 valence electrons. The van der Waals surface area contributed by atoms with Gasteiger partial charge in [0, 0.05) is 12.0 Å². The highest BCUT2D eigenvalue weighted by atomic mass is 16.3. The first-order valence-corrected chi connectivity index (χ1v) is 9.16. The lowest BCUT2D eigenvalue weighted by atomic mass is 9.96. The number of aromatic amines is 1. The maximum absolute atomic E-state index is 11.0. The number of nitrogens with one attached hydrogen (secondary N) is 1. The van der Waals surface area contributed by atoms with E-state index in [0.29, 0.717) is 11.4 Å². The van der Waals surface area contributed by atoms with Gasteiger partial charge in [0.2, 0.25) is 0 Å². The fourth-order valence-corrected chi connectivity index (χ4v) is 3.38. The van der Waals surface area contributed by atoms with Gasteiger partial charge in [0.05, 0.1) is 28.7 Å². The zero-order valence-corrected chi connectivity index (χ0v) is 15.4. The third-order valence-electron chi connectivity index (χ3n) is 4.79. The molecule has 0 aliphatic carbocycles. The van der Waals surface area contributed by atoms with Gasteiger partial charge in [0.25, 0.3) is 5.84 Å². The lowest BCUT2D eigenvalue weighted by Crippen LogP contribution is -2.51. The quantitative estimate of drug-likeness (QED) is 0.263. The molecule has 0 bridgehead atoms. The van der Waals surface area contributed by atoms with Crippen molar-refractivity contribution in [3.8, 4) is 28.3 Å². The van der Waals surface area contributed by atoms with Crippen molar-refractivity contribution in [3.05, 3.63) is 71.8 Å². The van der Waals surface area contributed by atoms with Crippen LogP contribution in [0.5, 0.6) is 5.75 Å². The predicted octanol–water partition coefficient (Wildman–Crippen LogP) is 0.851. The highest BCUT2D eigenvalue weighted by Gasteiger charge is 2.17. The van der Waals surface area contributed by atoms with Crippen LogP contribution in [0.15, 0.2) is 60.7 Å². The van der Waals surface area contributed by atoms with Crippen molar-refractivity contribution < 1.29 is 16.2 Å². The molecular formula is C22H23N5O+2. The first kappa shape index (κ1) is 17.8. The Morgan fingerprint density at radius 1 is 1.07 bits per heavy atom. The van der Waals surface area contributed by atoms with E-state index in [0.717, 1.165) is 46.3 Å². The standard InChI is InChI=1S/C22H21N5O/c23-9-8-13-10-16(14-4-2-1-3-5-14)20(28)17(11-13)22-26-18-7-6-15(21(24)25)12-19(18)27-22/h1-7,10-12,28H,8-9,23H2,(H3,24,25)(H,26,27)/p+2. The Morgan fingerprint density at radius 3 is 2.54 bits per heavy atom. The van der Waals surface area contributed by atoms with Crippen molar-refractivity contribution in [1.29, 1.82) is 0 Å². The molecule has 4 aromatic rings. The van der Waals surface area contributed by atoms with Crippen molar-refractivity contribution in [2.75, 3.05) is 6.54 Å². The van der Waals surface area contributed by atoms with Gasteiger partial charge in [-0.2, -0.15) is 0 Å². The van der Waals surface area contributed by atoms with Crippen molar-refractivity contribution in [3.63, 3.8) is 0 Å². The second-order valence-corrected chi connectivity index (χ2v) is 6.78. The number of amidine groups is 1. The second kappa shape index (κ2) is 7.17. The minimum absolute atomic E-state index is 0.197. The predicted molar refractivity (Wildman–Crippen MR) is 110 cm³/mol. The molecule has 0 radical (unpaired) electrons. The Labute approximate surface area is 162 Å². The number of aromatic hydroxyl groups is 1. The number of fused-ring (bicyclic) bond motifs is 1. The SMILES string of the molecule is NC(=[NH2+])c1ccc2nc(-c3cc(CC[NH3+])cc(-c4ccccc4)c3O)[nH]c2c1. The number of H-pyrrole nitrogens is 1. The van der Waals surface area contributed by atoms with E-state index in [2.05, 4.69) is 15.7 Å². The summed E-state index contributed by atoms with van der Waals surface area (Å²) in [5.74, 6) is 1.05. The highest BCUT2D eigenvalue weighted by molar-refractivity contribution is 5.96. The number of nitrogens with zero attached hydrogens (tertiary/aromatic N) is 1. The molecule has 6 nitrogen and oxygen atoms in total. The van der Waals surface area contributed by atoms with Gasteiger partial charge in [0.1, 0.15) is 11.6 Å². The van der Waals surface area contributed by atoms with E-state index in [-0.39, 0.29) is 11.6 Å². The van der Waals surface area contributed by atoms with E-state index in [1.54, 1.807) is 0 Å². The van der Waals surface area contributed by atoms with Crippen LogP contribution < -0.4 is 16.9 Å². The smallest absolute Gasteiger partial charge is 0.270 e. The van der Waals surface area contributed by atoms with Gasteiger partial charge in [-0.3, -0.25) is 11.1 Å². The summed E-state index contributed by atoms with van der Waals surface area (Å²) >= 11 is 0. The summed E-state index contributed by atoms with van der Waals surface area (Å²) in [6.07, 6.45) is 0.816. The molecule has 3 aromatic carbocycles. The van der Waals surface area contributed by atoms with Gasteiger partial charge in [-0.1, -0.05) is 30.3 Å². The molecule has 0 atom stereocenters. The van der Waals surface area contributed by atoms with E-state index >= 15 is 0 Å². The summed E-state index contributed by atoms with van der Waals surface area (Å²) < 4.78 is 0. The molecule has 0 amide bonds. The Morgan fingerprint density at radius 2 is 1.82 bits per heavy atom. The topological polar surface area (TPSA) is 128 Å². The third-order valence-corrected chi connectivity index (χ3v) is 4.79. The van der Waals surface area contributed by atoms with Crippen LogP contribution in [0, 0.1) is 0 Å². The van der Waals surface area contributed by atoms with Gasteiger partial charge in [-0.05, 0) is 41.5 Å². The highest BCUT2D eigenvalue weighted by Crippen LogP contribution is 2.39. The molecule has 28 heavy (non-hydrogen) atoms. The van der Waals surface area contributed by atoms with E-state index < -0.39 is 0 Å². The molecule has 0 aliphatic rings. The average Bonchev–Trinajstić information content (AvgIpc) is 3.13. The number of phenols is 1. The maximum Gasteiger partial charge on any atom is 0.270 e. The summed E-state index contributed by atoms with van der Waals surface area (Å²) in [7, 11) is 0. The largest absolute Gasteiger partial charge is 0.507 e. The minimum Gasteiger partial charge on any atom is -0.507 e. The first-order chi connectivity index (χ1) is 13.6. The normalized spacial score (nSPS) is 11.0. The molecule has 0 fully saturated rings. The Hall–Kier alpha value is -3.64. The van der Waals surface area contributed by atoms with Crippen LogP contribution in [0.1, 0.15) is 11.1 Å². The summed E-state index contributed by atoms with van der Waals surface area (Å²) in [6.45, 7) is 0.771. The minimum atomic E-state index is 0.197. The van der Waals surface area contributed by atoms with Crippen molar-refractivity contribution in [2.45, 2.75) is 6.42 Å². The molecule has 0 saturated heterocycles. The number of benzene rings is 3. The van der Waals surface area contributed by atoms with Gasteiger partial charge < -0.3 is 15.8 Å². The fraction of sp³-hybridized carbons (Fsp3) is 0.0909. The average molecular weight is 373 g/mol. The molecule has 0 unspecified atom stereocenters. The van der Waals surface area contributed by atoms with Gasteiger partial charge in [0.15, 0.2) is 0 Å². The molecular weight excluding hydrogens is 350 g/mol. The number of hydrogen-bond donors (Lipinski definition) is 5. The Kier molecular flexibility index (Phi) is 4.55. The number of aromatic nitrogens is 2. The lowest BCUT2D eigenvalue weighted by Gasteiger charge is -2.12. The number of quaternary nitrogens is 1. The molecule has 0 aliphatic heterocycles. The Bertz CT molecular complexity index is 1160. The van der Waals surface area contributed by atoms with E-state index in [1.165, 1.54) is 0 Å². The third kappa shape index (κ3) is 3.21. The lowest BCUT2D eigenvalue weighted by molar-refractivity contribution is -0.366. The molecule has 4 rings (SSSR count). The van der Waals surface area contributed by atoms with E-state index in [1.807, 2.05) is 60.7 Å². The van der Waals surface area contributed by atoms with Gasteiger partial charge >= 0.3 is 0 Å². The molecule has 1 heterocycles. The molecule has 9 N–H and O–H groups in total. The van der Waals surface area contributed by atoms with Crippen LogP contribution in [-0.4, -0.2) is 27.5 Å². The van der Waals surface area contributed by atoms with Crippen LogP contribution in [0.25, 0.3) is 33.5 Å². The maximum atomic E-state index is 11.0. The number of hydrogen-bond acceptors (Lipinski definition) is 2. The number of rotatable bonds is 5.